The average Bonchev–Trinajstić information content (AvgIpc) is 2.29. The minimum absolute atomic E-state index is 0.0391. The lowest BCUT2D eigenvalue weighted by molar-refractivity contribution is 0.0586. The molecule has 4 heteroatoms. The Morgan fingerprint density at radius 3 is 2.44 bits per heavy atom. The standard InChI is InChI=1S/C12H18O4/c1-8(14)9(2)16-11-5-4-10(7-13)6-12(11)15-3/h4-6,8-9,13-14H,7H2,1-3H3. The third-order valence-electron chi connectivity index (χ3n) is 2.40. The van der Waals surface area contributed by atoms with Crippen molar-refractivity contribution in [1.82, 2.24) is 0 Å². The monoisotopic (exact) mass is 226 g/mol. The first-order chi connectivity index (χ1) is 7.58. The lowest BCUT2D eigenvalue weighted by Gasteiger charge is -2.19. The van der Waals surface area contributed by atoms with Crippen molar-refractivity contribution in [2.24, 2.45) is 0 Å². The summed E-state index contributed by atoms with van der Waals surface area (Å²) < 4.78 is 10.7. The van der Waals surface area contributed by atoms with Gasteiger partial charge in [-0.2, -0.15) is 0 Å². The Hall–Kier alpha value is -1.26. The molecule has 0 aliphatic heterocycles. The average molecular weight is 226 g/mol. The first kappa shape index (κ1) is 12.8. The molecule has 0 saturated carbocycles. The van der Waals surface area contributed by atoms with Gasteiger partial charge in [-0.3, -0.25) is 0 Å². The number of hydrogen-bond acceptors (Lipinski definition) is 4. The van der Waals surface area contributed by atoms with E-state index in [1.807, 2.05) is 0 Å². The summed E-state index contributed by atoms with van der Waals surface area (Å²) in [4.78, 5) is 0. The van der Waals surface area contributed by atoms with Crippen LogP contribution in [0.1, 0.15) is 19.4 Å². The molecule has 0 spiro atoms. The lowest BCUT2D eigenvalue weighted by Crippen LogP contribution is -2.25. The molecule has 2 N–H and O–H groups in total. The second-order valence-corrected chi connectivity index (χ2v) is 3.71. The molecule has 2 atom stereocenters. The highest BCUT2D eigenvalue weighted by molar-refractivity contribution is 5.42. The van der Waals surface area contributed by atoms with Crippen molar-refractivity contribution in [3.8, 4) is 11.5 Å². The first-order valence-corrected chi connectivity index (χ1v) is 5.21. The summed E-state index contributed by atoms with van der Waals surface area (Å²) in [6.45, 7) is 3.41. The quantitative estimate of drug-likeness (QED) is 0.795. The van der Waals surface area contributed by atoms with Gasteiger partial charge >= 0.3 is 0 Å². The predicted molar refractivity (Wildman–Crippen MR) is 60.7 cm³/mol. The Labute approximate surface area is 95.4 Å². The van der Waals surface area contributed by atoms with Crippen LogP contribution in [0.2, 0.25) is 0 Å². The smallest absolute Gasteiger partial charge is 0.161 e. The molecule has 0 bridgehead atoms. The number of rotatable bonds is 5. The highest BCUT2D eigenvalue weighted by Crippen LogP contribution is 2.29. The fraction of sp³-hybridized carbons (Fsp3) is 0.500. The van der Waals surface area contributed by atoms with Crippen molar-refractivity contribution < 1.29 is 19.7 Å². The Kier molecular flexibility index (Phi) is 4.58. The molecule has 0 fully saturated rings. The Balaban J connectivity index is 2.87. The van der Waals surface area contributed by atoms with Gasteiger partial charge in [-0.25, -0.2) is 0 Å². The van der Waals surface area contributed by atoms with Gasteiger partial charge in [-0.1, -0.05) is 6.07 Å². The predicted octanol–water partition coefficient (Wildman–Crippen LogP) is 1.34. The SMILES string of the molecule is COc1cc(CO)ccc1OC(C)C(C)O. The molecule has 0 aliphatic rings. The molecular formula is C12H18O4. The van der Waals surface area contributed by atoms with Crippen LogP contribution in [0.25, 0.3) is 0 Å². The molecule has 90 valence electrons. The minimum atomic E-state index is -0.553. The molecular weight excluding hydrogens is 208 g/mol. The molecule has 0 amide bonds. The summed E-state index contributed by atoms with van der Waals surface area (Å²) in [5.41, 5.74) is 0.758. The molecule has 1 rings (SSSR count). The van der Waals surface area contributed by atoms with E-state index in [4.69, 9.17) is 14.6 Å². The number of hydrogen-bond donors (Lipinski definition) is 2. The third kappa shape index (κ3) is 3.12. The summed E-state index contributed by atoms with van der Waals surface area (Å²) in [5.74, 6) is 1.12. The number of aliphatic hydroxyl groups excluding tert-OH is 2. The molecule has 16 heavy (non-hydrogen) atoms. The summed E-state index contributed by atoms with van der Waals surface area (Å²) in [6.07, 6.45) is -0.865. The summed E-state index contributed by atoms with van der Waals surface area (Å²) >= 11 is 0. The van der Waals surface area contributed by atoms with Crippen molar-refractivity contribution in [2.45, 2.75) is 32.7 Å². The molecule has 0 heterocycles. The molecule has 2 unspecified atom stereocenters. The Bertz CT molecular complexity index is 336. The maximum Gasteiger partial charge on any atom is 0.161 e. The van der Waals surface area contributed by atoms with Crippen LogP contribution in [0.15, 0.2) is 18.2 Å². The van der Waals surface area contributed by atoms with Gasteiger partial charge in [-0.05, 0) is 31.5 Å². The summed E-state index contributed by atoms with van der Waals surface area (Å²) in [7, 11) is 1.54. The van der Waals surface area contributed by atoms with E-state index in [1.165, 1.54) is 7.11 Å². The number of methoxy groups -OCH3 is 1. The minimum Gasteiger partial charge on any atom is -0.493 e. The van der Waals surface area contributed by atoms with Crippen LogP contribution in [0.4, 0.5) is 0 Å². The molecule has 4 nitrogen and oxygen atoms in total. The van der Waals surface area contributed by atoms with Crippen molar-refractivity contribution in [2.75, 3.05) is 7.11 Å². The van der Waals surface area contributed by atoms with E-state index in [2.05, 4.69) is 0 Å². The lowest BCUT2D eigenvalue weighted by atomic mass is 10.2. The Morgan fingerprint density at radius 2 is 1.94 bits per heavy atom. The maximum atomic E-state index is 9.34. The first-order valence-electron chi connectivity index (χ1n) is 5.21. The molecule has 0 saturated heterocycles. The van der Waals surface area contributed by atoms with Gasteiger partial charge in [0.05, 0.1) is 19.8 Å². The molecule has 1 aromatic carbocycles. The number of benzene rings is 1. The largest absolute Gasteiger partial charge is 0.493 e. The van der Waals surface area contributed by atoms with E-state index in [9.17, 15) is 5.11 Å². The van der Waals surface area contributed by atoms with E-state index >= 15 is 0 Å². The van der Waals surface area contributed by atoms with Gasteiger partial charge in [0, 0.05) is 0 Å². The molecule has 1 aromatic rings. The van der Waals surface area contributed by atoms with E-state index in [0.29, 0.717) is 11.5 Å². The van der Waals surface area contributed by atoms with Crippen LogP contribution < -0.4 is 9.47 Å². The fourth-order valence-corrected chi connectivity index (χ4v) is 1.21. The second-order valence-electron chi connectivity index (χ2n) is 3.71. The van der Waals surface area contributed by atoms with Crippen molar-refractivity contribution in [3.63, 3.8) is 0 Å². The van der Waals surface area contributed by atoms with Crippen LogP contribution >= 0.6 is 0 Å². The van der Waals surface area contributed by atoms with E-state index in [1.54, 1.807) is 32.0 Å². The van der Waals surface area contributed by atoms with Gasteiger partial charge in [0.15, 0.2) is 11.5 Å². The zero-order valence-corrected chi connectivity index (χ0v) is 9.80. The van der Waals surface area contributed by atoms with Gasteiger partial charge in [0.25, 0.3) is 0 Å². The van der Waals surface area contributed by atoms with Crippen molar-refractivity contribution in [1.29, 1.82) is 0 Å². The van der Waals surface area contributed by atoms with Crippen LogP contribution in [0, 0.1) is 0 Å². The summed E-state index contributed by atoms with van der Waals surface area (Å²) in [5, 5.41) is 18.3. The molecule has 0 aromatic heterocycles. The zero-order chi connectivity index (χ0) is 12.1. The van der Waals surface area contributed by atoms with Gasteiger partial charge in [-0.15, -0.1) is 0 Å². The van der Waals surface area contributed by atoms with E-state index in [0.717, 1.165) is 5.56 Å². The number of ether oxygens (including phenoxy) is 2. The van der Waals surface area contributed by atoms with Gasteiger partial charge in [0.1, 0.15) is 6.10 Å². The van der Waals surface area contributed by atoms with Gasteiger partial charge < -0.3 is 19.7 Å². The van der Waals surface area contributed by atoms with E-state index < -0.39 is 6.10 Å². The maximum absolute atomic E-state index is 9.34. The number of aliphatic hydroxyl groups is 2. The van der Waals surface area contributed by atoms with Crippen LogP contribution in [0.5, 0.6) is 11.5 Å². The zero-order valence-electron chi connectivity index (χ0n) is 9.80. The van der Waals surface area contributed by atoms with Crippen LogP contribution in [-0.4, -0.2) is 29.5 Å². The molecule has 0 aliphatic carbocycles. The normalized spacial score (nSPS) is 14.3. The summed E-state index contributed by atoms with van der Waals surface area (Å²) in [6, 6.07) is 5.19. The third-order valence-corrected chi connectivity index (χ3v) is 2.40. The topological polar surface area (TPSA) is 58.9 Å². The highest BCUT2D eigenvalue weighted by Gasteiger charge is 2.13. The highest BCUT2D eigenvalue weighted by atomic mass is 16.5. The fourth-order valence-electron chi connectivity index (χ4n) is 1.21. The second kappa shape index (κ2) is 5.72. The van der Waals surface area contributed by atoms with Crippen LogP contribution in [0.3, 0.4) is 0 Å². The van der Waals surface area contributed by atoms with Gasteiger partial charge in [0.2, 0.25) is 0 Å². The molecule has 0 radical (unpaired) electrons. The van der Waals surface area contributed by atoms with E-state index in [-0.39, 0.29) is 12.7 Å². The van der Waals surface area contributed by atoms with Crippen molar-refractivity contribution >= 4 is 0 Å². The van der Waals surface area contributed by atoms with Crippen molar-refractivity contribution in [3.05, 3.63) is 23.8 Å². The Morgan fingerprint density at radius 1 is 1.25 bits per heavy atom. The van der Waals surface area contributed by atoms with Crippen LogP contribution in [-0.2, 0) is 6.61 Å².